The Morgan fingerprint density at radius 2 is 1.75 bits per heavy atom. The highest BCUT2D eigenvalue weighted by Gasteiger charge is 2.33. The first-order chi connectivity index (χ1) is 13.3. The predicted octanol–water partition coefficient (Wildman–Crippen LogP) is 4.95. The summed E-state index contributed by atoms with van der Waals surface area (Å²) in [6.45, 7) is -0.116. The van der Waals surface area contributed by atoms with Crippen LogP contribution in [0.2, 0.25) is 0 Å². The summed E-state index contributed by atoms with van der Waals surface area (Å²) in [4.78, 5) is 17.8. The van der Waals surface area contributed by atoms with E-state index in [1.165, 1.54) is 30.1 Å². The summed E-state index contributed by atoms with van der Waals surface area (Å²) in [5.74, 6) is 0.739. The van der Waals surface area contributed by atoms with Crippen molar-refractivity contribution in [3.8, 4) is 11.3 Å². The smallest absolute Gasteiger partial charge is 0.416 e. The Kier molecular flexibility index (Phi) is 5.82. The van der Waals surface area contributed by atoms with Crippen molar-refractivity contribution in [1.82, 2.24) is 9.88 Å². The second kappa shape index (κ2) is 8.29. The van der Waals surface area contributed by atoms with Crippen LogP contribution in [0.1, 0.15) is 23.4 Å². The van der Waals surface area contributed by atoms with Crippen molar-refractivity contribution in [3.05, 3.63) is 77.8 Å². The van der Waals surface area contributed by atoms with Crippen LogP contribution in [0.4, 0.5) is 13.2 Å². The molecule has 0 aliphatic heterocycles. The molecule has 7 heteroatoms. The Morgan fingerprint density at radius 1 is 1.07 bits per heavy atom. The van der Waals surface area contributed by atoms with Crippen LogP contribution in [0.15, 0.2) is 65.2 Å². The molecule has 0 aliphatic carbocycles. The fourth-order valence-electron chi connectivity index (χ4n) is 2.84. The Balaban J connectivity index is 1.59. The molecule has 0 spiro atoms. The normalized spacial score (nSPS) is 11.4. The van der Waals surface area contributed by atoms with Crippen LogP contribution in [0.5, 0.6) is 0 Å². The number of aromatic nitrogens is 1. The number of rotatable bonds is 6. The van der Waals surface area contributed by atoms with Crippen LogP contribution in [-0.2, 0) is 23.9 Å². The van der Waals surface area contributed by atoms with E-state index in [9.17, 15) is 18.0 Å². The number of alkyl halides is 3. The second-order valence-corrected chi connectivity index (χ2v) is 6.39. The van der Waals surface area contributed by atoms with Crippen molar-refractivity contribution >= 4 is 5.91 Å². The molecule has 0 N–H and O–H groups in total. The van der Waals surface area contributed by atoms with Crippen molar-refractivity contribution in [3.63, 3.8) is 0 Å². The number of oxazole rings is 1. The maximum Gasteiger partial charge on any atom is 0.416 e. The molecule has 0 saturated heterocycles. The standard InChI is InChI=1S/C21H19F3N2O2/c1-26(14-16-9-5-6-10-17(16)21(22,23)24)20(27)12-11-19-25-13-18(28-19)15-7-3-2-4-8-15/h2-10,13H,11-12,14H2,1H3. The molecule has 3 rings (SSSR count). The van der Waals surface area contributed by atoms with Crippen LogP contribution in [0.3, 0.4) is 0 Å². The molecule has 146 valence electrons. The van der Waals surface area contributed by atoms with E-state index in [2.05, 4.69) is 4.98 Å². The average molecular weight is 388 g/mol. The van der Waals surface area contributed by atoms with Gasteiger partial charge < -0.3 is 9.32 Å². The first-order valence-corrected chi connectivity index (χ1v) is 8.74. The van der Waals surface area contributed by atoms with Gasteiger partial charge in [-0.3, -0.25) is 4.79 Å². The zero-order valence-electron chi connectivity index (χ0n) is 15.2. The lowest BCUT2D eigenvalue weighted by Gasteiger charge is -2.20. The van der Waals surface area contributed by atoms with Crippen LogP contribution in [-0.4, -0.2) is 22.8 Å². The third kappa shape index (κ3) is 4.79. The van der Waals surface area contributed by atoms with Crippen LogP contribution >= 0.6 is 0 Å². The summed E-state index contributed by atoms with van der Waals surface area (Å²) in [5.41, 5.74) is 0.219. The van der Waals surface area contributed by atoms with Crippen molar-refractivity contribution in [2.45, 2.75) is 25.6 Å². The molecule has 0 unspecified atom stereocenters. The minimum Gasteiger partial charge on any atom is -0.441 e. The van der Waals surface area contributed by atoms with E-state index in [0.29, 0.717) is 11.7 Å². The fourth-order valence-corrected chi connectivity index (χ4v) is 2.84. The zero-order chi connectivity index (χ0) is 20.1. The molecule has 1 aromatic heterocycles. The van der Waals surface area contributed by atoms with Gasteiger partial charge in [-0.15, -0.1) is 0 Å². The van der Waals surface area contributed by atoms with E-state index >= 15 is 0 Å². The lowest BCUT2D eigenvalue weighted by atomic mass is 10.1. The zero-order valence-corrected chi connectivity index (χ0v) is 15.2. The van der Waals surface area contributed by atoms with E-state index in [1.54, 1.807) is 6.20 Å². The van der Waals surface area contributed by atoms with E-state index in [-0.39, 0.29) is 30.9 Å². The SMILES string of the molecule is CN(Cc1ccccc1C(F)(F)F)C(=O)CCc1ncc(-c2ccccc2)o1. The van der Waals surface area contributed by atoms with Gasteiger partial charge in [0.05, 0.1) is 11.8 Å². The summed E-state index contributed by atoms with van der Waals surface area (Å²) < 4.78 is 44.9. The Labute approximate surface area is 160 Å². The summed E-state index contributed by atoms with van der Waals surface area (Å²) in [6.07, 6.45) is -2.48. The van der Waals surface area contributed by atoms with E-state index < -0.39 is 11.7 Å². The first-order valence-electron chi connectivity index (χ1n) is 8.74. The number of hydrogen-bond acceptors (Lipinski definition) is 3. The molecule has 0 radical (unpaired) electrons. The van der Waals surface area contributed by atoms with Gasteiger partial charge in [0.15, 0.2) is 11.7 Å². The number of halogens is 3. The van der Waals surface area contributed by atoms with Crippen LogP contribution in [0.25, 0.3) is 11.3 Å². The molecule has 4 nitrogen and oxygen atoms in total. The second-order valence-electron chi connectivity index (χ2n) is 6.39. The monoisotopic (exact) mass is 388 g/mol. The summed E-state index contributed by atoms with van der Waals surface area (Å²) in [5, 5.41) is 0. The van der Waals surface area contributed by atoms with E-state index in [4.69, 9.17) is 4.42 Å². The summed E-state index contributed by atoms with van der Waals surface area (Å²) in [7, 11) is 1.49. The van der Waals surface area contributed by atoms with E-state index in [1.807, 2.05) is 30.3 Å². The van der Waals surface area contributed by atoms with Gasteiger partial charge >= 0.3 is 6.18 Å². The molecule has 0 atom stereocenters. The molecule has 0 saturated carbocycles. The molecule has 2 aromatic carbocycles. The number of carbonyl (C=O) groups is 1. The lowest BCUT2D eigenvalue weighted by molar-refractivity contribution is -0.139. The topological polar surface area (TPSA) is 46.3 Å². The lowest BCUT2D eigenvalue weighted by Crippen LogP contribution is -2.27. The number of amides is 1. The maximum atomic E-state index is 13.1. The molecule has 28 heavy (non-hydrogen) atoms. The molecule has 1 heterocycles. The molecule has 0 fully saturated rings. The van der Waals surface area contributed by atoms with Gasteiger partial charge in [-0.05, 0) is 11.6 Å². The minimum atomic E-state index is -4.45. The van der Waals surface area contributed by atoms with Gasteiger partial charge in [0.2, 0.25) is 5.91 Å². The third-order valence-corrected chi connectivity index (χ3v) is 4.32. The highest BCUT2D eigenvalue weighted by atomic mass is 19.4. The highest BCUT2D eigenvalue weighted by Crippen LogP contribution is 2.32. The molecular weight excluding hydrogens is 369 g/mol. The number of carbonyl (C=O) groups excluding carboxylic acids is 1. The van der Waals surface area contributed by atoms with E-state index in [0.717, 1.165) is 11.6 Å². The number of nitrogens with zero attached hydrogens (tertiary/aromatic N) is 2. The number of benzene rings is 2. The Bertz CT molecular complexity index is 936. The maximum absolute atomic E-state index is 13.1. The molecule has 1 amide bonds. The molecule has 3 aromatic rings. The minimum absolute atomic E-state index is 0.0633. The quantitative estimate of drug-likeness (QED) is 0.600. The van der Waals surface area contributed by atoms with Crippen molar-refractivity contribution in [1.29, 1.82) is 0 Å². The number of hydrogen-bond donors (Lipinski definition) is 0. The fraction of sp³-hybridized carbons (Fsp3) is 0.238. The van der Waals surface area contributed by atoms with Crippen LogP contribution < -0.4 is 0 Å². The third-order valence-electron chi connectivity index (χ3n) is 4.32. The van der Waals surface area contributed by atoms with Gasteiger partial charge in [0.25, 0.3) is 0 Å². The van der Waals surface area contributed by atoms with Gasteiger partial charge in [-0.1, -0.05) is 48.5 Å². The van der Waals surface area contributed by atoms with Crippen molar-refractivity contribution in [2.75, 3.05) is 7.05 Å². The summed E-state index contributed by atoms with van der Waals surface area (Å²) >= 11 is 0. The average Bonchev–Trinajstić information content (AvgIpc) is 3.15. The van der Waals surface area contributed by atoms with Crippen molar-refractivity contribution in [2.24, 2.45) is 0 Å². The molecule has 0 aliphatic rings. The van der Waals surface area contributed by atoms with Gasteiger partial charge in [0, 0.05) is 32.0 Å². The predicted molar refractivity (Wildman–Crippen MR) is 98.2 cm³/mol. The van der Waals surface area contributed by atoms with Gasteiger partial charge in [0.1, 0.15) is 0 Å². The molecule has 0 bridgehead atoms. The highest BCUT2D eigenvalue weighted by molar-refractivity contribution is 5.76. The van der Waals surface area contributed by atoms with Gasteiger partial charge in [-0.2, -0.15) is 13.2 Å². The largest absolute Gasteiger partial charge is 0.441 e. The summed E-state index contributed by atoms with van der Waals surface area (Å²) in [6, 6.07) is 14.7. The van der Waals surface area contributed by atoms with Crippen LogP contribution in [0, 0.1) is 0 Å². The van der Waals surface area contributed by atoms with Gasteiger partial charge in [-0.25, -0.2) is 4.98 Å². The van der Waals surface area contributed by atoms with Crippen molar-refractivity contribution < 1.29 is 22.4 Å². The Morgan fingerprint density at radius 3 is 2.46 bits per heavy atom. The molecular formula is C21H19F3N2O2. The number of aryl methyl sites for hydroxylation is 1. The Hall–Kier alpha value is -3.09. The first kappa shape index (κ1) is 19.7.